The maximum atomic E-state index is 11.9. The first-order valence-corrected chi connectivity index (χ1v) is 4.82. The van der Waals surface area contributed by atoms with Gasteiger partial charge in [0.2, 0.25) is 5.91 Å². The van der Waals surface area contributed by atoms with Crippen LogP contribution < -0.4 is 5.73 Å². The Morgan fingerprint density at radius 1 is 1.47 bits per heavy atom. The first-order valence-electron chi connectivity index (χ1n) is 4.82. The number of fused-ring (bicyclic) bond motifs is 1. The van der Waals surface area contributed by atoms with E-state index in [4.69, 9.17) is 5.73 Å². The zero-order chi connectivity index (χ0) is 11.0. The number of imide groups is 1. The van der Waals surface area contributed by atoms with E-state index < -0.39 is 0 Å². The molecule has 1 aromatic carbocycles. The lowest BCUT2D eigenvalue weighted by Gasteiger charge is -2.18. The van der Waals surface area contributed by atoms with Crippen LogP contribution in [0.3, 0.4) is 0 Å². The zero-order valence-electron chi connectivity index (χ0n) is 8.43. The van der Waals surface area contributed by atoms with E-state index in [9.17, 15) is 9.59 Å². The van der Waals surface area contributed by atoms with Crippen molar-refractivity contribution in [3.05, 3.63) is 35.4 Å². The maximum Gasteiger partial charge on any atom is 0.261 e. The van der Waals surface area contributed by atoms with Gasteiger partial charge in [0.25, 0.3) is 5.91 Å². The molecule has 0 saturated carbocycles. The standard InChI is InChI=1S/C11H12N2O2/c1-7-8-4-2-3-5-9(8)11(15)13(7)10(14)6-12/h2-5,7H,6,12H2,1H3. The third-order valence-corrected chi connectivity index (χ3v) is 2.69. The van der Waals surface area contributed by atoms with Crippen molar-refractivity contribution in [3.8, 4) is 0 Å². The second kappa shape index (κ2) is 3.47. The number of nitrogens with two attached hydrogens (primary N) is 1. The molecule has 0 radical (unpaired) electrons. The molecule has 2 rings (SSSR count). The Morgan fingerprint density at radius 2 is 2.13 bits per heavy atom. The van der Waals surface area contributed by atoms with E-state index in [0.717, 1.165) is 5.56 Å². The number of carbonyl (C=O) groups excluding carboxylic acids is 2. The van der Waals surface area contributed by atoms with E-state index in [2.05, 4.69) is 0 Å². The lowest BCUT2D eigenvalue weighted by molar-refractivity contribution is -0.128. The second-order valence-corrected chi connectivity index (χ2v) is 3.54. The number of benzene rings is 1. The normalized spacial score (nSPS) is 19.2. The Bertz CT molecular complexity index is 428. The van der Waals surface area contributed by atoms with E-state index >= 15 is 0 Å². The number of carbonyl (C=O) groups is 2. The molecule has 0 aromatic heterocycles. The first kappa shape index (κ1) is 9.86. The van der Waals surface area contributed by atoms with Gasteiger partial charge >= 0.3 is 0 Å². The average molecular weight is 204 g/mol. The third-order valence-electron chi connectivity index (χ3n) is 2.69. The monoisotopic (exact) mass is 204 g/mol. The fourth-order valence-electron chi connectivity index (χ4n) is 1.93. The van der Waals surface area contributed by atoms with Gasteiger partial charge in [-0.1, -0.05) is 18.2 Å². The van der Waals surface area contributed by atoms with Crippen LogP contribution in [-0.2, 0) is 4.79 Å². The van der Waals surface area contributed by atoms with Crippen LogP contribution in [0.15, 0.2) is 24.3 Å². The van der Waals surface area contributed by atoms with Crippen LogP contribution in [0.1, 0.15) is 28.9 Å². The summed E-state index contributed by atoms with van der Waals surface area (Å²) in [6.07, 6.45) is 0. The van der Waals surface area contributed by atoms with Crippen molar-refractivity contribution < 1.29 is 9.59 Å². The predicted octanol–water partition coefficient (Wildman–Crippen LogP) is 0.689. The van der Waals surface area contributed by atoms with Crippen molar-refractivity contribution in [2.24, 2.45) is 5.73 Å². The van der Waals surface area contributed by atoms with Crippen molar-refractivity contribution in [1.29, 1.82) is 0 Å². The fourth-order valence-corrected chi connectivity index (χ4v) is 1.93. The topological polar surface area (TPSA) is 63.4 Å². The number of nitrogens with zero attached hydrogens (tertiary/aromatic N) is 1. The molecular formula is C11H12N2O2. The van der Waals surface area contributed by atoms with Crippen LogP contribution in [0.4, 0.5) is 0 Å². The van der Waals surface area contributed by atoms with Gasteiger partial charge in [0.15, 0.2) is 0 Å². The summed E-state index contributed by atoms with van der Waals surface area (Å²) in [4.78, 5) is 24.6. The summed E-state index contributed by atoms with van der Waals surface area (Å²) >= 11 is 0. The molecule has 1 aliphatic heterocycles. The minimum atomic E-state index is -0.330. The molecule has 1 unspecified atom stereocenters. The molecule has 2 amide bonds. The van der Waals surface area contributed by atoms with Crippen molar-refractivity contribution in [1.82, 2.24) is 4.90 Å². The molecule has 0 saturated heterocycles. The largest absolute Gasteiger partial charge is 0.322 e. The highest BCUT2D eigenvalue weighted by atomic mass is 16.2. The van der Waals surface area contributed by atoms with E-state index in [1.54, 1.807) is 12.1 Å². The van der Waals surface area contributed by atoms with Crippen molar-refractivity contribution in [2.45, 2.75) is 13.0 Å². The average Bonchev–Trinajstić information content (AvgIpc) is 2.52. The molecule has 1 atom stereocenters. The van der Waals surface area contributed by atoms with Gasteiger partial charge in [0.1, 0.15) is 0 Å². The Balaban J connectivity index is 2.45. The molecule has 0 aliphatic carbocycles. The number of rotatable bonds is 1. The van der Waals surface area contributed by atoms with Crippen molar-refractivity contribution in [2.75, 3.05) is 6.54 Å². The molecular weight excluding hydrogens is 192 g/mol. The van der Waals surface area contributed by atoms with Gasteiger partial charge in [-0.15, -0.1) is 0 Å². The summed E-state index contributed by atoms with van der Waals surface area (Å²) in [6.45, 7) is 1.70. The van der Waals surface area contributed by atoms with Gasteiger partial charge < -0.3 is 5.73 Å². The molecule has 1 heterocycles. The molecule has 0 bridgehead atoms. The zero-order valence-corrected chi connectivity index (χ0v) is 8.43. The molecule has 78 valence electrons. The van der Waals surface area contributed by atoms with E-state index in [-0.39, 0.29) is 24.4 Å². The number of amides is 2. The van der Waals surface area contributed by atoms with Gasteiger partial charge in [0.05, 0.1) is 12.6 Å². The van der Waals surface area contributed by atoms with Gasteiger partial charge in [0, 0.05) is 5.56 Å². The van der Waals surface area contributed by atoms with Gasteiger partial charge in [-0.3, -0.25) is 14.5 Å². The number of hydrogen-bond acceptors (Lipinski definition) is 3. The Hall–Kier alpha value is -1.68. The molecule has 0 fully saturated rings. The summed E-state index contributed by atoms with van der Waals surface area (Å²) in [5.74, 6) is -0.572. The summed E-state index contributed by atoms with van der Waals surface area (Å²) in [7, 11) is 0. The van der Waals surface area contributed by atoms with Gasteiger partial charge in [-0.25, -0.2) is 0 Å². The SMILES string of the molecule is CC1c2ccccc2C(=O)N1C(=O)CN. The third kappa shape index (κ3) is 1.34. The summed E-state index contributed by atoms with van der Waals surface area (Å²) in [6, 6.07) is 7.04. The molecule has 4 heteroatoms. The summed E-state index contributed by atoms with van der Waals surface area (Å²) < 4.78 is 0. The van der Waals surface area contributed by atoms with E-state index in [0.29, 0.717) is 5.56 Å². The highest BCUT2D eigenvalue weighted by Gasteiger charge is 2.36. The quantitative estimate of drug-likeness (QED) is 0.732. The minimum absolute atomic E-state index is 0.135. The highest BCUT2D eigenvalue weighted by molar-refractivity contribution is 6.09. The summed E-state index contributed by atoms with van der Waals surface area (Å²) in [5.41, 5.74) is 6.76. The molecule has 4 nitrogen and oxygen atoms in total. The van der Waals surface area contributed by atoms with E-state index in [1.807, 2.05) is 19.1 Å². The van der Waals surface area contributed by atoms with Crippen LogP contribution in [0.5, 0.6) is 0 Å². The van der Waals surface area contributed by atoms with Crippen LogP contribution >= 0.6 is 0 Å². The molecule has 1 aliphatic rings. The Morgan fingerprint density at radius 3 is 2.73 bits per heavy atom. The highest BCUT2D eigenvalue weighted by Crippen LogP contribution is 2.32. The predicted molar refractivity (Wildman–Crippen MR) is 55.1 cm³/mol. The van der Waals surface area contributed by atoms with Crippen LogP contribution in [-0.4, -0.2) is 23.3 Å². The molecule has 0 spiro atoms. The lowest BCUT2D eigenvalue weighted by atomic mass is 10.1. The first-order chi connectivity index (χ1) is 7.16. The smallest absolute Gasteiger partial charge is 0.261 e. The molecule has 2 N–H and O–H groups in total. The van der Waals surface area contributed by atoms with Crippen LogP contribution in [0.2, 0.25) is 0 Å². The van der Waals surface area contributed by atoms with Crippen molar-refractivity contribution >= 4 is 11.8 Å². The lowest BCUT2D eigenvalue weighted by Crippen LogP contribution is -2.37. The van der Waals surface area contributed by atoms with Gasteiger partial charge in [-0.05, 0) is 18.6 Å². The Labute approximate surface area is 87.7 Å². The van der Waals surface area contributed by atoms with Crippen molar-refractivity contribution in [3.63, 3.8) is 0 Å². The molecule has 15 heavy (non-hydrogen) atoms. The maximum absolute atomic E-state index is 11.9. The fraction of sp³-hybridized carbons (Fsp3) is 0.273. The summed E-state index contributed by atoms with van der Waals surface area (Å²) in [5, 5.41) is 0. The number of hydrogen-bond donors (Lipinski definition) is 1. The van der Waals surface area contributed by atoms with E-state index in [1.165, 1.54) is 4.90 Å². The minimum Gasteiger partial charge on any atom is -0.322 e. The molecule has 1 aromatic rings. The Kier molecular flexibility index (Phi) is 2.28. The second-order valence-electron chi connectivity index (χ2n) is 3.54. The van der Waals surface area contributed by atoms with Gasteiger partial charge in [-0.2, -0.15) is 0 Å². The van der Waals surface area contributed by atoms with Crippen LogP contribution in [0, 0.1) is 0 Å². The van der Waals surface area contributed by atoms with Crippen LogP contribution in [0.25, 0.3) is 0 Å².